The minimum absolute atomic E-state index is 0.198. The molecule has 32 heavy (non-hydrogen) atoms. The summed E-state index contributed by atoms with van der Waals surface area (Å²) in [5.41, 5.74) is 1.69. The minimum atomic E-state index is -3.86. The smallest absolute Gasteiger partial charge is 0.265 e. The summed E-state index contributed by atoms with van der Waals surface area (Å²) in [7, 11) is -3.86. The van der Waals surface area contributed by atoms with E-state index in [0.717, 1.165) is 0 Å². The van der Waals surface area contributed by atoms with E-state index in [1.807, 2.05) is 44.2 Å². The summed E-state index contributed by atoms with van der Waals surface area (Å²) in [6.45, 7) is 3.70. The van der Waals surface area contributed by atoms with Gasteiger partial charge < -0.3 is 5.32 Å². The fourth-order valence-corrected chi connectivity index (χ4v) is 5.67. The minimum Gasteiger partial charge on any atom is -0.321 e. The third-order valence-corrected chi connectivity index (χ3v) is 7.24. The number of nitrogens with one attached hydrogen (secondary N) is 1. The summed E-state index contributed by atoms with van der Waals surface area (Å²) in [4.78, 5) is 12.9. The van der Waals surface area contributed by atoms with E-state index in [1.54, 1.807) is 66.7 Å². The van der Waals surface area contributed by atoms with Crippen LogP contribution in [0.3, 0.4) is 0 Å². The second-order valence-corrected chi connectivity index (χ2v) is 9.49. The molecule has 0 saturated carbocycles. The van der Waals surface area contributed by atoms with Crippen LogP contribution in [0.5, 0.6) is 0 Å². The number of sulfonamides is 1. The first-order chi connectivity index (χ1) is 15.4. The standard InChI is InChI=1S/C26H24N2O3S/c1-19(2)28(21-13-7-4-8-14-21)32(30,31)25-18-10-15-22-23(25)16-9-17-24(22)27-26(29)20-11-5-3-6-12-20/h3-19H,1-2H3,(H,27,29). The zero-order valence-electron chi connectivity index (χ0n) is 17.9. The Labute approximate surface area is 188 Å². The molecule has 4 aromatic rings. The quantitative estimate of drug-likeness (QED) is 0.415. The van der Waals surface area contributed by atoms with Gasteiger partial charge in [0.05, 0.1) is 10.6 Å². The third kappa shape index (κ3) is 4.09. The largest absolute Gasteiger partial charge is 0.321 e. The number of rotatable bonds is 6. The number of amides is 1. The van der Waals surface area contributed by atoms with Gasteiger partial charge in [-0.15, -0.1) is 0 Å². The maximum atomic E-state index is 13.8. The van der Waals surface area contributed by atoms with Crippen molar-refractivity contribution >= 4 is 38.1 Å². The normalized spacial score (nSPS) is 11.5. The Balaban J connectivity index is 1.80. The van der Waals surface area contributed by atoms with Crippen molar-refractivity contribution in [1.29, 1.82) is 0 Å². The van der Waals surface area contributed by atoms with E-state index < -0.39 is 10.0 Å². The van der Waals surface area contributed by atoms with Crippen LogP contribution in [0.4, 0.5) is 11.4 Å². The van der Waals surface area contributed by atoms with Crippen LogP contribution in [-0.4, -0.2) is 20.4 Å². The molecule has 0 atom stereocenters. The fraction of sp³-hybridized carbons (Fsp3) is 0.115. The third-order valence-electron chi connectivity index (χ3n) is 5.18. The summed E-state index contributed by atoms with van der Waals surface area (Å²) < 4.78 is 29.0. The van der Waals surface area contributed by atoms with Crippen LogP contribution in [0.15, 0.2) is 102 Å². The Morgan fingerprint density at radius 1 is 0.750 bits per heavy atom. The van der Waals surface area contributed by atoms with Crippen LogP contribution >= 0.6 is 0 Å². The monoisotopic (exact) mass is 444 g/mol. The Bertz CT molecular complexity index is 1350. The topological polar surface area (TPSA) is 66.5 Å². The van der Waals surface area contributed by atoms with Gasteiger partial charge in [0.25, 0.3) is 15.9 Å². The molecule has 1 amide bonds. The summed E-state index contributed by atoms with van der Waals surface area (Å²) in [5.74, 6) is -0.251. The van der Waals surface area contributed by atoms with Crippen LogP contribution in [0, 0.1) is 0 Å². The Morgan fingerprint density at radius 3 is 2.00 bits per heavy atom. The van der Waals surface area contributed by atoms with Gasteiger partial charge in [0.1, 0.15) is 0 Å². The molecule has 1 N–H and O–H groups in total. The van der Waals surface area contributed by atoms with E-state index in [4.69, 9.17) is 0 Å². The fourth-order valence-electron chi connectivity index (χ4n) is 3.79. The van der Waals surface area contributed by atoms with Crippen LogP contribution in [0.2, 0.25) is 0 Å². The maximum absolute atomic E-state index is 13.8. The van der Waals surface area contributed by atoms with Crippen LogP contribution in [0.1, 0.15) is 24.2 Å². The number of hydrogen-bond donors (Lipinski definition) is 1. The summed E-state index contributed by atoms with van der Waals surface area (Å²) in [6.07, 6.45) is 0. The average Bonchev–Trinajstić information content (AvgIpc) is 2.80. The molecule has 0 aliphatic carbocycles. The number of para-hydroxylation sites is 1. The van der Waals surface area contributed by atoms with Crippen molar-refractivity contribution in [2.45, 2.75) is 24.8 Å². The molecular formula is C26H24N2O3S. The molecule has 162 valence electrons. The van der Waals surface area contributed by atoms with E-state index in [-0.39, 0.29) is 16.8 Å². The van der Waals surface area contributed by atoms with Crippen molar-refractivity contribution in [2.24, 2.45) is 0 Å². The maximum Gasteiger partial charge on any atom is 0.265 e. The van der Waals surface area contributed by atoms with Crippen molar-refractivity contribution in [3.63, 3.8) is 0 Å². The molecule has 0 heterocycles. The lowest BCUT2D eigenvalue weighted by atomic mass is 10.1. The molecule has 0 aromatic heterocycles. The van der Waals surface area contributed by atoms with Crippen molar-refractivity contribution in [1.82, 2.24) is 0 Å². The van der Waals surface area contributed by atoms with Crippen molar-refractivity contribution in [3.8, 4) is 0 Å². The number of fused-ring (bicyclic) bond motifs is 1. The molecule has 0 spiro atoms. The zero-order chi connectivity index (χ0) is 22.7. The lowest BCUT2D eigenvalue weighted by molar-refractivity contribution is 0.102. The van der Waals surface area contributed by atoms with Gasteiger partial charge in [-0.2, -0.15) is 0 Å². The lowest BCUT2D eigenvalue weighted by Crippen LogP contribution is -2.37. The van der Waals surface area contributed by atoms with Gasteiger partial charge >= 0.3 is 0 Å². The summed E-state index contributed by atoms with van der Waals surface area (Å²) in [5, 5.41) is 4.13. The highest BCUT2D eigenvalue weighted by Gasteiger charge is 2.29. The predicted molar refractivity (Wildman–Crippen MR) is 130 cm³/mol. The van der Waals surface area contributed by atoms with Crippen LogP contribution < -0.4 is 9.62 Å². The molecule has 5 nitrogen and oxygen atoms in total. The Kier molecular flexibility index (Phi) is 5.97. The molecule has 0 unspecified atom stereocenters. The van der Waals surface area contributed by atoms with Crippen LogP contribution in [0.25, 0.3) is 10.8 Å². The van der Waals surface area contributed by atoms with E-state index >= 15 is 0 Å². The predicted octanol–water partition coefficient (Wildman–Crippen LogP) is 5.70. The van der Waals surface area contributed by atoms with Gasteiger partial charge in [-0.05, 0) is 50.2 Å². The summed E-state index contributed by atoms with van der Waals surface area (Å²) in [6, 6.07) is 28.1. The zero-order valence-corrected chi connectivity index (χ0v) is 18.7. The second kappa shape index (κ2) is 8.85. The molecule has 0 aliphatic heterocycles. The van der Waals surface area contributed by atoms with E-state index in [2.05, 4.69) is 5.32 Å². The van der Waals surface area contributed by atoms with Gasteiger partial charge in [0.2, 0.25) is 0 Å². The van der Waals surface area contributed by atoms with Gasteiger partial charge in [0.15, 0.2) is 0 Å². The molecule has 4 aromatic carbocycles. The first kappa shape index (κ1) is 21.6. The number of carbonyl (C=O) groups excluding carboxylic acids is 1. The van der Waals surface area contributed by atoms with Crippen LogP contribution in [-0.2, 0) is 10.0 Å². The van der Waals surface area contributed by atoms with Crippen molar-refractivity contribution in [3.05, 3.63) is 103 Å². The highest BCUT2D eigenvalue weighted by Crippen LogP contribution is 2.33. The van der Waals surface area contributed by atoms with Gasteiger partial charge in [-0.3, -0.25) is 9.10 Å². The van der Waals surface area contributed by atoms with Crippen molar-refractivity contribution in [2.75, 3.05) is 9.62 Å². The van der Waals surface area contributed by atoms with E-state index in [1.165, 1.54) is 4.31 Å². The molecule has 0 fully saturated rings. The highest BCUT2D eigenvalue weighted by molar-refractivity contribution is 7.93. The molecule has 6 heteroatoms. The SMILES string of the molecule is CC(C)N(c1ccccc1)S(=O)(=O)c1cccc2c(NC(=O)c3ccccc3)cccc12. The summed E-state index contributed by atoms with van der Waals surface area (Å²) >= 11 is 0. The molecule has 0 aliphatic rings. The molecular weight excluding hydrogens is 420 g/mol. The lowest BCUT2D eigenvalue weighted by Gasteiger charge is -2.29. The second-order valence-electron chi connectivity index (χ2n) is 7.71. The molecule has 0 saturated heterocycles. The van der Waals surface area contributed by atoms with Gasteiger partial charge in [-0.25, -0.2) is 8.42 Å². The molecule has 0 bridgehead atoms. The number of carbonyl (C=O) groups is 1. The van der Waals surface area contributed by atoms with E-state index in [0.29, 0.717) is 27.7 Å². The Morgan fingerprint density at radius 2 is 1.34 bits per heavy atom. The number of hydrogen-bond acceptors (Lipinski definition) is 3. The first-order valence-corrected chi connectivity index (χ1v) is 11.8. The Hall–Kier alpha value is -3.64. The molecule has 4 rings (SSSR count). The number of nitrogens with zero attached hydrogens (tertiary/aromatic N) is 1. The highest BCUT2D eigenvalue weighted by atomic mass is 32.2. The average molecular weight is 445 g/mol. The van der Waals surface area contributed by atoms with Crippen molar-refractivity contribution < 1.29 is 13.2 Å². The first-order valence-electron chi connectivity index (χ1n) is 10.4. The van der Waals surface area contributed by atoms with Gasteiger partial charge in [0, 0.05) is 28.1 Å². The van der Waals surface area contributed by atoms with Gasteiger partial charge in [-0.1, -0.05) is 60.7 Å². The molecule has 0 radical (unpaired) electrons. The van der Waals surface area contributed by atoms with E-state index in [9.17, 15) is 13.2 Å². The number of benzene rings is 4. The number of anilines is 2.